The Hall–Kier alpha value is -3.06. The standard InChI is InChI=1S/C44H53B/c1-5-7-9-11-13-17-27-44(28-18-14-12-10-8-6-2)39-20-16-15-19-35(39)38-25-22-33(30-42(38)44)32-21-24-36-37-26-23-34(45)31-41(37)43(3,4)40(36)29-32/h15-16,19-26,29-31H,5-14,17-18,27-28H2,1-4H3. The van der Waals surface area contributed by atoms with Gasteiger partial charge in [-0.3, -0.25) is 0 Å². The van der Waals surface area contributed by atoms with Crippen molar-refractivity contribution in [2.24, 2.45) is 0 Å². The van der Waals surface area contributed by atoms with E-state index in [0.717, 1.165) is 5.46 Å². The lowest BCUT2D eigenvalue weighted by molar-refractivity contribution is 0.398. The van der Waals surface area contributed by atoms with Gasteiger partial charge in [-0.15, -0.1) is 0 Å². The summed E-state index contributed by atoms with van der Waals surface area (Å²) in [6, 6.07) is 30.4. The third-order valence-corrected chi connectivity index (χ3v) is 11.2. The molecule has 2 aliphatic rings. The SMILES string of the molecule is [B]c1ccc2c(c1)C(C)(C)c1cc(-c3ccc4c(c3)C(CCCCCCCC)(CCCCCCCC)c3ccccc3-4)ccc1-2. The van der Waals surface area contributed by atoms with Crippen LogP contribution < -0.4 is 5.46 Å². The summed E-state index contributed by atoms with van der Waals surface area (Å²) in [7, 11) is 6.25. The fourth-order valence-electron chi connectivity index (χ4n) is 8.65. The molecule has 0 aromatic heterocycles. The minimum Gasteiger partial charge on any atom is -0.0963 e. The second-order valence-corrected chi connectivity index (χ2v) is 14.6. The molecule has 0 spiro atoms. The Kier molecular flexibility index (Phi) is 9.75. The Bertz CT molecular complexity index is 1610. The van der Waals surface area contributed by atoms with Crippen molar-refractivity contribution < 1.29 is 0 Å². The van der Waals surface area contributed by atoms with Gasteiger partial charge in [0.15, 0.2) is 0 Å². The van der Waals surface area contributed by atoms with Crippen LogP contribution in [0.3, 0.4) is 0 Å². The summed E-state index contributed by atoms with van der Waals surface area (Å²) in [6.45, 7) is 9.34. The molecule has 0 saturated carbocycles. The highest BCUT2D eigenvalue weighted by Crippen LogP contribution is 2.55. The Morgan fingerprint density at radius 1 is 0.467 bits per heavy atom. The van der Waals surface area contributed by atoms with Crippen LogP contribution in [-0.4, -0.2) is 7.85 Å². The molecule has 45 heavy (non-hydrogen) atoms. The molecule has 0 amide bonds. The molecule has 4 aromatic rings. The summed E-state index contributed by atoms with van der Waals surface area (Å²) in [6.07, 6.45) is 18.7. The predicted octanol–water partition coefficient (Wildman–Crippen LogP) is 12.2. The van der Waals surface area contributed by atoms with Gasteiger partial charge in [0, 0.05) is 10.8 Å². The maximum Gasteiger partial charge on any atom is 0.113 e. The zero-order chi connectivity index (χ0) is 31.4. The zero-order valence-corrected chi connectivity index (χ0v) is 28.5. The minimum atomic E-state index is -0.0671. The van der Waals surface area contributed by atoms with Crippen molar-refractivity contribution in [3.05, 3.63) is 101 Å². The van der Waals surface area contributed by atoms with E-state index in [-0.39, 0.29) is 10.8 Å². The fraction of sp³-hybridized carbons (Fsp3) is 0.455. The fourth-order valence-corrected chi connectivity index (χ4v) is 8.65. The van der Waals surface area contributed by atoms with Gasteiger partial charge in [-0.05, 0) is 80.6 Å². The Morgan fingerprint density at radius 2 is 0.933 bits per heavy atom. The molecule has 0 bridgehead atoms. The highest BCUT2D eigenvalue weighted by molar-refractivity contribution is 6.32. The third-order valence-electron chi connectivity index (χ3n) is 11.2. The van der Waals surface area contributed by atoms with Gasteiger partial charge in [-0.2, -0.15) is 0 Å². The van der Waals surface area contributed by atoms with Gasteiger partial charge in [0.1, 0.15) is 7.85 Å². The molecule has 0 fully saturated rings. The first kappa shape index (κ1) is 31.9. The van der Waals surface area contributed by atoms with Gasteiger partial charge in [0.2, 0.25) is 0 Å². The molecule has 0 aliphatic heterocycles. The van der Waals surface area contributed by atoms with Crippen LogP contribution in [0.4, 0.5) is 0 Å². The van der Waals surface area contributed by atoms with Gasteiger partial charge in [-0.1, -0.05) is 177 Å². The molecular formula is C44H53B. The van der Waals surface area contributed by atoms with Gasteiger partial charge in [-0.25, -0.2) is 0 Å². The molecule has 0 saturated heterocycles. The van der Waals surface area contributed by atoms with Gasteiger partial charge < -0.3 is 0 Å². The number of hydrogen-bond donors (Lipinski definition) is 0. The van der Waals surface area contributed by atoms with Crippen molar-refractivity contribution in [1.82, 2.24) is 0 Å². The van der Waals surface area contributed by atoms with E-state index in [9.17, 15) is 0 Å². The minimum absolute atomic E-state index is 0.0671. The number of fused-ring (bicyclic) bond motifs is 6. The van der Waals surface area contributed by atoms with Crippen LogP contribution in [0.2, 0.25) is 0 Å². The highest BCUT2D eigenvalue weighted by Gasteiger charge is 2.42. The molecule has 0 atom stereocenters. The first-order chi connectivity index (χ1) is 21.9. The van der Waals surface area contributed by atoms with E-state index >= 15 is 0 Å². The normalized spacial score (nSPS) is 15.0. The maximum absolute atomic E-state index is 6.25. The first-order valence-electron chi connectivity index (χ1n) is 18.2. The smallest absolute Gasteiger partial charge is 0.0963 e. The van der Waals surface area contributed by atoms with E-state index in [0.29, 0.717) is 0 Å². The van der Waals surface area contributed by atoms with Crippen LogP contribution in [-0.2, 0) is 10.8 Å². The van der Waals surface area contributed by atoms with Crippen LogP contribution in [0.1, 0.15) is 140 Å². The summed E-state index contributed by atoms with van der Waals surface area (Å²) in [5.74, 6) is 0. The second kappa shape index (κ2) is 13.7. The number of hydrogen-bond acceptors (Lipinski definition) is 0. The number of benzene rings is 4. The monoisotopic (exact) mass is 592 g/mol. The topological polar surface area (TPSA) is 0 Å². The van der Waals surface area contributed by atoms with Gasteiger partial charge in [0.25, 0.3) is 0 Å². The molecule has 0 N–H and O–H groups in total. The molecule has 2 radical (unpaired) electrons. The largest absolute Gasteiger partial charge is 0.113 e. The highest BCUT2D eigenvalue weighted by atomic mass is 14.5. The Morgan fingerprint density at radius 3 is 1.56 bits per heavy atom. The van der Waals surface area contributed by atoms with Crippen LogP contribution >= 0.6 is 0 Å². The summed E-state index contributed by atoms with van der Waals surface area (Å²) in [5, 5.41) is 0. The summed E-state index contributed by atoms with van der Waals surface area (Å²) >= 11 is 0. The van der Waals surface area contributed by atoms with E-state index < -0.39 is 0 Å². The average molecular weight is 593 g/mol. The molecule has 0 unspecified atom stereocenters. The van der Waals surface area contributed by atoms with E-state index in [4.69, 9.17) is 7.85 Å². The lowest BCUT2D eigenvalue weighted by atomic mass is 9.70. The second-order valence-electron chi connectivity index (χ2n) is 14.6. The third kappa shape index (κ3) is 6.09. The molecule has 1 heteroatoms. The number of unbranched alkanes of at least 4 members (excludes halogenated alkanes) is 10. The molecular weight excluding hydrogens is 539 g/mol. The van der Waals surface area contributed by atoms with Gasteiger partial charge in [0.05, 0.1) is 0 Å². The maximum atomic E-state index is 6.25. The van der Waals surface area contributed by atoms with Crippen molar-refractivity contribution in [2.45, 2.75) is 128 Å². The van der Waals surface area contributed by atoms with E-state index in [2.05, 4.69) is 100 Å². The lowest BCUT2D eigenvalue weighted by Crippen LogP contribution is -2.25. The average Bonchev–Trinajstić information content (AvgIpc) is 3.45. The van der Waals surface area contributed by atoms with Crippen molar-refractivity contribution in [1.29, 1.82) is 0 Å². The molecule has 4 aromatic carbocycles. The van der Waals surface area contributed by atoms with E-state index in [1.165, 1.54) is 134 Å². The molecule has 0 nitrogen and oxygen atoms in total. The van der Waals surface area contributed by atoms with Crippen molar-refractivity contribution >= 4 is 13.3 Å². The zero-order valence-electron chi connectivity index (χ0n) is 28.5. The summed E-state index contributed by atoms with van der Waals surface area (Å²) < 4.78 is 0. The number of rotatable bonds is 15. The van der Waals surface area contributed by atoms with Crippen molar-refractivity contribution in [3.63, 3.8) is 0 Å². The van der Waals surface area contributed by atoms with Crippen LogP contribution in [0.15, 0.2) is 78.9 Å². The Balaban J connectivity index is 1.36. The van der Waals surface area contributed by atoms with Crippen molar-refractivity contribution in [2.75, 3.05) is 0 Å². The van der Waals surface area contributed by atoms with Crippen molar-refractivity contribution in [3.8, 4) is 33.4 Å². The predicted molar refractivity (Wildman–Crippen MR) is 197 cm³/mol. The Labute approximate surface area is 275 Å². The van der Waals surface area contributed by atoms with Crippen LogP contribution in [0.25, 0.3) is 33.4 Å². The van der Waals surface area contributed by atoms with Crippen LogP contribution in [0.5, 0.6) is 0 Å². The first-order valence-corrected chi connectivity index (χ1v) is 18.2. The van der Waals surface area contributed by atoms with E-state index in [1.807, 2.05) is 6.07 Å². The summed E-state index contributed by atoms with van der Waals surface area (Å²) in [4.78, 5) is 0. The van der Waals surface area contributed by atoms with Crippen LogP contribution in [0, 0.1) is 0 Å². The molecule has 6 rings (SSSR count). The quantitative estimate of drug-likeness (QED) is 0.0951. The lowest BCUT2D eigenvalue weighted by Gasteiger charge is -2.33. The molecule has 2 aliphatic carbocycles. The molecule has 232 valence electrons. The van der Waals surface area contributed by atoms with Gasteiger partial charge >= 0.3 is 0 Å². The summed E-state index contributed by atoms with van der Waals surface area (Å²) in [5.41, 5.74) is 15.1. The molecule has 0 heterocycles. The van der Waals surface area contributed by atoms with E-state index in [1.54, 1.807) is 11.1 Å².